The molecule has 190 valence electrons. The molecule has 0 N–H and O–H groups in total. The van der Waals surface area contributed by atoms with E-state index in [0.29, 0.717) is 25.3 Å². The average Bonchev–Trinajstić information content (AvgIpc) is 2.75. The summed E-state index contributed by atoms with van der Waals surface area (Å²) < 4.78 is 77.6. The predicted octanol–water partition coefficient (Wildman–Crippen LogP) is 3.95. The van der Waals surface area contributed by atoms with Gasteiger partial charge in [-0.2, -0.15) is 26.3 Å². The molecule has 1 fully saturated rings. The van der Waals surface area contributed by atoms with Crippen LogP contribution in [0.15, 0.2) is 30.3 Å². The number of amides is 1. The number of ether oxygens (including phenoxy) is 2. The van der Waals surface area contributed by atoms with Crippen LogP contribution >= 0.6 is 11.6 Å². The Morgan fingerprint density at radius 2 is 1.44 bits per heavy atom. The van der Waals surface area contributed by atoms with E-state index in [1.54, 1.807) is 0 Å². The molecule has 1 amide bonds. The van der Waals surface area contributed by atoms with E-state index in [1.807, 2.05) is 37.3 Å². The van der Waals surface area contributed by atoms with Crippen molar-refractivity contribution in [1.82, 2.24) is 4.90 Å². The van der Waals surface area contributed by atoms with Crippen LogP contribution in [0.5, 0.6) is 0 Å². The quantitative estimate of drug-likeness (QED) is 0.259. The number of piperidine rings is 1. The van der Waals surface area contributed by atoms with Gasteiger partial charge >= 0.3 is 35.4 Å². The summed E-state index contributed by atoms with van der Waals surface area (Å²) in [6.45, 7) is -1.19. The maximum atomic E-state index is 12.2. The van der Waals surface area contributed by atoms with E-state index < -0.39 is 48.7 Å². The van der Waals surface area contributed by atoms with Gasteiger partial charge < -0.3 is 14.4 Å². The lowest BCUT2D eigenvalue weighted by Gasteiger charge is -2.38. The number of hydrogen-bond acceptors (Lipinski definition) is 6. The van der Waals surface area contributed by atoms with Gasteiger partial charge in [-0.05, 0) is 35.9 Å². The lowest BCUT2D eigenvalue weighted by atomic mass is 9.88. The summed E-state index contributed by atoms with van der Waals surface area (Å²) in [6, 6.07) is 8.82. The minimum atomic E-state index is -4.65. The maximum absolute atomic E-state index is 12.2. The average molecular weight is 520 g/mol. The van der Waals surface area contributed by atoms with Crippen LogP contribution in [-0.4, -0.2) is 60.1 Å². The molecule has 0 aliphatic carbocycles. The minimum Gasteiger partial charge on any atom is -0.449 e. The number of carbonyl (C=O) groups excluding carboxylic acids is 4. The van der Waals surface area contributed by atoms with Crippen LogP contribution < -0.4 is 0 Å². The molecule has 2 unspecified atom stereocenters. The zero-order valence-electron chi connectivity index (χ0n) is 17.6. The Morgan fingerprint density at radius 3 is 1.91 bits per heavy atom. The first-order chi connectivity index (χ1) is 15.6. The number of esters is 2. The Morgan fingerprint density at radius 1 is 0.941 bits per heavy atom. The highest BCUT2D eigenvalue weighted by molar-refractivity contribution is 6.80. The third kappa shape index (κ3) is 10.9. The highest BCUT2D eigenvalue weighted by Gasteiger charge is 2.37. The number of likely N-dealkylation sites (tertiary alicyclic amines) is 1. The van der Waals surface area contributed by atoms with E-state index in [9.17, 15) is 45.5 Å². The van der Waals surface area contributed by atoms with Crippen LogP contribution in [0, 0.1) is 5.92 Å². The molecule has 0 bridgehead atoms. The molecule has 2 rings (SSSR count). The number of carbonyl (C=O) groups is 4. The normalized spacial score (nSPS) is 18.3. The first kappa shape index (κ1) is 29.2. The summed E-state index contributed by atoms with van der Waals surface area (Å²) in [6.07, 6.45) is -7.93. The number of rotatable bonds is 4. The van der Waals surface area contributed by atoms with Crippen molar-refractivity contribution in [3.63, 3.8) is 0 Å². The Labute approximate surface area is 194 Å². The lowest BCUT2D eigenvalue weighted by molar-refractivity contribution is -0.190. The van der Waals surface area contributed by atoms with Crippen molar-refractivity contribution in [1.29, 1.82) is 0 Å². The van der Waals surface area contributed by atoms with E-state index in [2.05, 4.69) is 21.1 Å². The van der Waals surface area contributed by atoms with Gasteiger partial charge in [0, 0.05) is 6.54 Å². The zero-order valence-corrected chi connectivity index (χ0v) is 18.4. The highest BCUT2D eigenvalue weighted by atomic mass is 35.5. The predicted molar refractivity (Wildman–Crippen MR) is 104 cm³/mol. The molecule has 7 nitrogen and oxygen atoms in total. The molecule has 1 aliphatic rings. The van der Waals surface area contributed by atoms with Gasteiger partial charge in [-0.25, -0.2) is 9.59 Å². The lowest BCUT2D eigenvalue weighted by Crippen LogP contribution is -2.45. The monoisotopic (exact) mass is 519 g/mol. The molecule has 14 heteroatoms. The van der Waals surface area contributed by atoms with Gasteiger partial charge in [-0.15, -0.1) is 0 Å². The van der Waals surface area contributed by atoms with Crippen molar-refractivity contribution in [2.24, 2.45) is 5.92 Å². The molecular weight excluding hydrogens is 500 g/mol. The fourth-order valence-electron chi connectivity index (χ4n) is 2.91. The Hall–Kier alpha value is -2.83. The summed E-state index contributed by atoms with van der Waals surface area (Å²) >= 11 is 4.48. The third-order valence-corrected chi connectivity index (χ3v) is 4.53. The van der Waals surface area contributed by atoms with Gasteiger partial charge in [0.25, 0.3) is 0 Å². The number of halogens is 7. The molecule has 0 aromatic heterocycles. The van der Waals surface area contributed by atoms with E-state index >= 15 is 0 Å². The molecule has 34 heavy (non-hydrogen) atoms. The van der Waals surface area contributed by atoms with Gasteiger partial charge in [0.1, 0.15) is 0 Å². The summed E-state index contributed by atoms with van der Waals surface area (Å²) in [5.74, 6) is -3.83. The number of alkyl halides is 6. The van der Waals surface area contributed by atoms with E-state index in [4.69, 9.17) is 0 Å². The van der Waals surface area contributed by atoms with Gasteiger partial charge in [0.05, 0.1) is 6.04 Å². The van der Waals surface area contributed by atoms with Gasteiger partial charge in [-0.1, -0.05) is 37.3 Å². The molecule has 1 aromatic rings. The maximum Gasteiger partial charge on any atom is 0.422 e. The zero-order chi connectivity index (χ0) is 26.1. The second-order valence-electron chi connectivity index (χ2n) is 7.21. The van der Waals surface area contributed by atoms with E-state index in [0.717, 1.165) is 5.56 Å². The molecule has 0 radical (unpaired) electrons. The molecule has 1 aliphatic heterocycles. The van der Waals surface area contributed by atoms with Crippen LogP contribution in [0.2, 0.25) is 0 Å². The van der Waals surface area contributed by atoms with Crippen LogP contribution in [0.3, 0.4) is 0 Å². The molecular formula is C20H20ClF6NO6. The topological polar surface area (TPSA) is 90.0 Å². The fraction of sp³-hybridized carbons (Fsp3) is 0.500. The number of benzene rings is 1. The van der Waals surface area contributed by atoms with Crippen molar-refractivity contribution in [2.75, 3.05) is 19.8 Å². The molecule has 1 aromatic carbocycles. The molecule has 1 heterocycles. The number of nitrogens with zero attached hydrogens (tertiary/aromatic N) is 1. The summed E-state index contributed by atoms with van der Waals surface area (Å²) in [5.41, 5.74) is 0.857. The number of hydrogen-bond donors (Lipinski definition) is 0. The second kappa shape index (κ2) is 12.6. The highest BCUT2D eigenvalue weighted by Crippen LogP contribution is 2.34. The Kier molecular flexibility index (Phi) is 10.8. The van der Waals surface area contributed by atoms with Crippen LogP contribution in [0.4, 0.5) is 26.3 Å². The van der Waals surface area contributed by atoms with E-state index in [1.165, 1.54) is 4.90 Å². The first-order valence-electron chi connectivity index (χ1n) is 9.63. The van der Waals surface area contributed by atoms with Crippen molar-refractivity contribution < 1.29 is 55.0 Å². The summed E-state index contributed by atoms with van der Waals surface area (Å²) in [4.78, 5) is 44.9. The largest absolute Gasteiger partial charge is 0.449 e. The van der Waals surface area contributed by atoms with Crippen molar-refractivity contribution in [3.05, 3.63) is 35.9 Å². The molecule has 2 atom stereocenters. The smallest absolute Gasteiger partial charge is 0.422 e. The second-order valence-corrected chi connectivity index (χ2v) is 7.55. The van der Waals surface area contributed by atoms with Crippen molar-refractivity contribution >= 4 is 34.7 Å². The molecule has 0 spiro atoms. The summed E-state index contributed by atoms with van der Waals surface area (Å²) in [5, 5.41) is -1.57. The molecule has 1 saturated heterocycles. The first-order valence-corrected chi connectivity index (χ1v) is 10.0. The minimum absolute atomic E-state index is 0.320. The van der Waals surface area contributed by atoms with Gasteiger partial charge in [0.15, 0.2) is 13.2 Å². The summed E-state index contributed by atoms with van der Waals surface area (Å²) in [7, 11) is 0. The van der Waals surface area contributed by atoms with Crippen LogP contribution in [0.25, 0.3) is 0 Å². The SMILES string of the molecule is CC1CCN(C(=O)C(=O)OCC(F)(F)F)C(c2ccccc2)C1.O=C(Cl)C(=O)OCC(F)(F)F. The van der Waals surface area contributed by atoms with Gasteiger partial charge in [0.2, 0.25) is 0 Å². The van der Waals surface area contributed by atoms with Crippen LogP contribution in [-0.2, 0) is 28.7 Å². The Balaban J connectivity index is 0.000000445. The standard InChI is InChI=1S/C16H18F3NO3.C4H2ClF3O3/c1-11-7-8-20(13(9-11)12-5-3-2-4-6-12)14(21)15(22)23-10-16(17,18)19;5-2(9)3(10)11-1-4(6,7)8/h2-6,11,13H,7-10H2,1H3;1H2. The molecule has 0 saturated carbocycles. The fourth-order valence-corrected chi connectivity index (χ4v) is 2.96. The van der Waals surface area contributed by atoms with Crippen molar-refractivity contribution in [2.45, 2.75) is 38.2 Å². The van der Waals surface area contributed by atoms with Crippen molar-refractivity contribution in [3.8, 4) is 0 Å². The van der Waals surface area contributed by atoms with E-state index in [-0.39, 0.29) is 6.04 Å². The third-order valence-electron chi connectivity index (χ3n) is 4.38. The van der Waals surface area contributed by atoms with Crippen LogP contribution in [0.1, 0.15) is 31.4 Å². The Bertz CT molecular complexity index is 861. The van der Waals surface area contributed by atoms with Gasteiger partial charge in [-0.3, -0.25) is 9.59 Å².